The fraction of sp³-hybridized carbons (Fsp3) is 0.467. The maximum Gasteiger partial charge on any atom is 0.252 e. The van der Waals surface area contributed by atoms with Crippen LogP contribution in [-0.2, 0) is 11.3 Å². The summed E-state index contributed by atoms with van der Waals surface area (Å²) in [5.74, 6) is 0.730. The van der Waals surface area contributed by atoms with Gasteiger partial charge in [0.1, 0.15) is 5.01 Å². The zero-order valence-corrected chi connectivity index (χ0v) is 14.2. The lowest BCUT2D eigenvalue weighted by Crippen LogP contribution is -2.28. The first-order chi connectivity index (χ1) is 10.4. The van der Waals surface area contributed by atoms with Crippen LogP contribution in [0.1, 0.15) is 49.5 Å². The smallest absolute Gasteiger partial charge is 0.252 e. The minimum Gasteiger partial charge on any atom is -0.283 e. The number of amides is 1. The van der Waals surface area contributed by atoms with Gasteiger partial charge in [0.15, 0.2) is 5.82 Å². The number of anilines is 1. The van der Waals surface area contributed by atoms with Gasteiger partial charge in [0.05, 0.1) is 12.7 Å². The molecule has 0 bridgehead atoms. The first-order valence-electron chi connectivity index (χ1n) is 7.22. The van der Waals surface area contributed by atoms with Gasteiger partial charge in [-0.25, -0.2) is 9.67 Å². The van der Waals surface area contributed by atoms with E-state index in [9.17, 15) is 4.79 Å². The molecule has 0 unspecified atom stereocenters. The minimum absolute atomic E-state index is 0.189. The van der Waals surface area contributed by atoms with Crippen molar-refractivity contribution in [3.8, 4) is 0 Å². The van der Waals surface area contributed by atoms with E-state index in [4.69, 9.17) is 0 Å². The second-order valence-electron chi connectivity index (χ2n) is 5.59. The van der Waals surface area contributed by atoms with Crippen molar-refractivity contribution in [1.29, 1.82) is 0 Å². The lowest BCUT2D eigenvalue weighted by molar-refractivity contribution is -0.114. The molecule has 2 aromatic rings. The highest BCUT2D eigenvalue weighted by molar-refractivity contribution is 7.11. The second kappa shape index (κ2) is 6.83. The molecule has 0 radical (unpaired) electrons. The zero-order valence-electron chi connectivity index (χ0n) is 13.4. The first-order valence-corrected chi connectivity index (χ1v) is 8.04. The van der Waals surface area contributed by atoms with E-state index >= 15 is 0 Å². The van der Waals surface area contributed by atoms with Crippen molar-refractivity contribution < 1.29 is 4.79 Å². The molecule has 0 aliphatic heterocycles. The van der Waals surface area contributed by atoms with Gasteiger partial charge in [-0.2, -0.15) is 0 Å². The van der Waals surface area contributed by atoms with E-state index in [1.165, 1.54) is 11.0 Å². The molecule has 118 valence electrons. The maximum absolute atomic E-state index is 12.1. The third-order valence-electron chi connectivity index (χ3n) is 3.18. The summed E-state index contributed by atoms with van der Waals surface area (Å²) in [6, 6.07) is 0.189. The maximum atomic E-state index is 12.1. The van der Waals surface area contributed by atoms with Gasteiger partial charge in [-0.1, -0.05) is 25.6 Å². The van der Waals surface area contributed by atoms with Gasteiger partial charge in [-0.05, 0) is 25.8 Å². The second-order valence-corrected chi connectivity index (χ2v) is 6.74. The Bertz CT molecular complexity index is 658. The van der Waals surface area contributed by atoms with Crippen LogP contribution >= 0.6 is 11.3 Å². The van der Waals surface area contributed by atoms with Gasteiger partial charge in [-0.3, -0.25) is 9.69 Å². The van der Waals surface area contributed by atoms with Crippen LogP contribution in [0.5, 0.6) is 0 Å². The Morgan fingerprint density at radius 3 is 2.68 bits per heavy atom. The minimum atomic E-state index is -0.211. The predicted octanol–water partition coefficient (Wildman–Crippen LogP) is 3.16. The van der Waals surface area contributed by atoms with Crippen LogP contribution in [-0.4, -0.2) is 25.9 Å². The Hall–Kier alpha value is -2.02. The number of thiazole rings is 1. The Labute approximate surface area is 134 Å². The lowest BCUT2D eigenvalue weighted by Gasteiger charge is -2.16. The van der Waals surface area contributed by atoms with Crippen LogP contribution in [0, 0.1) is 0 Å². The molecule has 0 fully saturated rings. The average molecular weight is 319 g/mol. The Morgan fingerprint density at radius 2 is 2.18 bits per heavy atom. The van der Waals surface area contributed by atoms with E-state index in [0.29, 0.717) is 18.3 Å². The fourth-order valence-electron chi connectivity index (χ4n) is 1.83. The Kier molecular flexibility index (Phi) is 5.07. The molecule has 2 rings (SSSR count). The van der Waals surface area contributed by atoms with Crippen molar-refractivity contribution in [3.05, 3.63) is 34.9 Å². The van der Waals surface area contributed by atoms with Crippen molar-refractivity contribution >= 4 is 23.1 Å². The zero-order chi connectivity index (χ0) is 16.3. The number of aromatic nitrogens is 4. The average Bonchev–Trinajstić information content (AvgIpc) is 3.12. The third kappa shape index (κ3) is 3.59. The summed E-state index contributed by atoms with van der Waals surface area (Å²) in [6.07, 6.45) is 4.92. The molecular weight excluding hydrogens is 298 g/mol. The van der Waals surface area contributed by atoms with Crippen molar-refractivity contribution in [1.82, 2.24) is 20.0 Å². The molecule has 7 heteroatoms. The van der Waals surface area contributed by atoms with E-state index in [2.05, 4.69) is 35.7 Å². The number of hydrogen-bond acceptors (Lipinski definition) is 5. The highest BCUT2D eigenvalue weighted by atomic mass is 32.1. The Balaban J connectivity index is 2.25. The molecule has 0 N–H and O–H groups in total. The predicted molar refractivity (Wildman–Crippen MR) is 88.0 cm³/mol. The van der Waals surface area contributed by atoms with Crippen molar-refractivity contribution in [2.24, 2.45) is 0 Å². The van der Waals surface area contributed by atoms with Crippen LogP contribution < -0.4 is 4.90 Å². The molecule has 0 aliphatic rings. The largest absolute Gasteiger partial charge is 0.283 e. The quantitative estimate of drug-likeness (QED) is 0.767. The standard InChI is InChI=1S/C15H21N5OS/c1-6-15(21)19(13-8-20(11(4)5)18-17-13)9-14-16-7-12(22-14)10(2)3/h6-8,10-11H,1,9H2,2-5H3. The van der Waals surface area contributed by atoms with Gasteiger partial charge in [0.25, 0.3) is 5.91 Å². The SMILES string of the molecule is C=CC(=O)N(Cc1ncc(C(C)C)s1)c1cn(C(C)C)nn1. The van der Waals surface area contributed by atoms with E-state index in [0.717, 1.165) is 5.01 Å². The third-order valence-corrected chi connectivity index (χ3v) is 4.46. The van der Waals surface area contributed by atoms with E-state index in [1.54, 1.807) is 27.1 Å². The lowest BCUT2D eigenvalue weighted by atomic mass is 10.2. The van der Waals surface area contributed by atoms with Crippen molar-refractivity contribution in [2.45, 2.75) is 46.2 Å². The van der Waals surface area contributed by atoms with Crippen LogP contribution in [0.15, 0.2) is 25.0 Å². The van der Waals surface area contributed by atoms with Crippen molar-refractivity contribution in [2.75, 3.05) is 4.90 Å². The molecular formula is C15H21N5OS. The molecule has 0 spiro atoms. The molecule has 0 aliphatic carbocycles. The topological polar surface area (TPSA) is 63.9 Å². The molecule has 0 saturated carbocycles. The summed E-state index contributed by atoms with van der Waals surface area (Å²) in [4.78, 5) is 19.3. The molecule has 22 heavy (non-hydrogen) atoms. The van der Waals surface area contributed by atoms with Crippen LogP contribution in [0.3, 0.4) is 0 Å². The monoisotopic (exact) mass is 319 g/mol. The number of carbonyl (C=O) groups is 1. The first kappa shape index (κ1) is 16.4. The number of carbonyl (C=O) groups excluding carboxylic acids is 1. The highest BCUT2D eigenvalue weighted by Crippen LogP contribution is 2.24. The molecule has 1 amide bonds. The molecule has 0 aromatic carbocycles. The molecule has 0 saturated heterocycles. The number of rotatable bonds is 6. The molecule has 2 heterocycles. The van der Waals surface area contributed by atoms with E-state index < -0.39 is 0 Å². The fourth-order valence-corrected chi connectivity index (χ4v) is 2.74. The summed E-state index contributed by atoms with van der Waals surface area (Å²) in [5, 5.41) is 9.01. The summed E-state index contributed by atoms with van der Waals surface area (Å²) in [6.45, 7) is 12.2. The normalized spacial score (nSPS) is 11.2. The van der Waals surface area contributed by atoms with Crippen LogP contribution in [0.4, 0.5) is 5.82 Å². The van der Waals surface area contributed by atoms with Gasteiger partial charge in [0.2, 0.25) is 0 Å². The van der Waals surface area contributed by atoms with Crippen LogP contribution in [0.2, 0.25) is 0 Å². The van der Waals surface area contributed by atoms with Gasteiger partial charge < -0.3 is 0 Å². The summed E-state index contributed by atoms with van der Waals surface area (Å²) >= 11 is 1.61. The van der Waals surface area contributed by atoms with E-state index in [1.807, 2.05) is 20.0 Å². The van der Waals surface area contributed by atoms with Gasteiger partial charge in [-0.15, -0.1) is 16.4 Å². The highest BCUT2D eigenvalue weighted by Gasteiger charge is 2.19. The summed E-state index contributed by atoms with van der Waals surface area (Å²) in [5.41, 5.74) is 0. The van der Waals surface area contributed by atoms with Gasteiger partial charge >= 0.3 is 0 Å². The van der Waals surface area contributed by atoms with Crippen molar-refractivity contribution in [3.63, 3.8) is 0 Å². The van der Waals surface area contributed by atoms with Gasteiger partial charge in [0, 0.05) is 17.1 Å². The number of hydrogen-bond donors (Lipinski definition) is 0. The molecule has 6 nitrogen and oxygen atoms in total. The van der Waals surface area contributed by atoms with E-state index in [-0.39, 0.29) is 11.9 Å². The Morgan fingerprint density at radius 1 is 1.45 bits per heavy atom. The summed E-state index contributed by atoms with van der Waals surface area (Å²) in [7, 11) is 0. The number of nitrogens with zero attached hydrogens (tertiary/aromatic N) is 5. The summed E-state index contributed by atoms with van der Waals surface area (Å²) < 4.78 is 1.72. The molecule has 2 aromatic heterocycles. The molecule has 0 atom stereocenters. The van der Waals surface area contributed by atoms with Crippen LogP contribution in [0.25, 0.3) is 0 Å².